The number of carbonyl (C=O) groups is 1. The zero-order valence-corrected chi connectivity index (χ0v) is 18.5. The number of benzene rings is 1. The summed E-state index contributed by atoms with van der Waals surface area (Å²) in [6, 6.07) is 12.8. The molecular formula is C21H21ClN4O5S. The van der Waals surface area contributed by atoms with E-state index in [2.05, 4.69) is 15.3 Å². The van der Waals surface area contributed by atoms with Crippen LogP contribution in [0.5, 0.6) is 0 Å². The minimum atomic E-state index is -3.97. The van der Waals surface area contributed by atoms with Crippen LogP contribution < -0.4 is 10.5 Å². The summed E-state index contributed by atoms with van der Waals surface area (Å²) >= 11 is 5.97. The van der Waals surface area contributed by atoms with Gasteiger partial charge in [-0.3, -0.25) is 8.98 Å². The molecule has 1 saturated carbocycles. The van der Waals surface area contributed by atoms with Crippen molar-refractivity contribution in [2.75, 3.05) is 11.9 Å². The molecule has 2 heterocycles. The highest BCUT2D eigenvalue weighted by Crippen LogP contribution is 2.30. The summed E-state index contributed by atoms with van der Waals surface area (Å²) in [4.78, 5) is 21.3. The number of hydrogen-bond donors (Lipinski definition) is 2. The molecule has 0 saturated heterocycles. The predicted octanol–water partition coefficient (Wildman–Crippen LogP) is 3.42. The Labute approximate surface area is 190 Å². The molecule has 2 atom stereocenters. The number of hydrogen-bond acceptors (Lipinski definition) is 8. The maximum atomic E-state index is 13.1. The second-order valence-corrected chi connectivity index (χ2v) is 9.12. The van der Waals surface area contributed by atoms with Crippen molar-refractivity contribution < 1.29 is 21.8 Å². The molecule has 3 aromatic rings. The topological polar surface area (TPSA) is 137 Å². The van der Waals surface area contributed by atoms with E-state index >= 15 is 0 Å². The van der Waals surface area contributed by atoms with Crippen LogP contribution in [0.15, 0.2) is 53.1 Å². The van der Waals surface area contributed by atoms with Gasteiger partial charge in [0, 0.05) is 17.8 Å². The summed E-state index contributed by atoms with van der Waals surface area (Å²) < 4.78 is 32.5. The van der Waals surface area contributed by atoms with E-state index < -0.39 is 10.3 Å². The molecule has 1 aliphatic rings. The zero-order valence-electron chi connectivity index (χ0n) is 16.9. The number of halogens is 1. The van der Waals surface area contributed by atoms with Crippen molar-refractivity contribution in [1.29, 1.82) is 0 Å². The lowest BCUT2D eigenvalue weighted by atomic mass is 10.1. The molecule has 168 valence electrons. The minimum Gasteiger partial charge on any atom is -0.453 e. The largest absolute Gasteiger partial charge is 0.453 e. The highest BCUT2D eigenvalue weighted by molar-refractivity contribution is 7.84. The van der Waals surface area contributed by atoms with E-state index in [9.17, 15) is 13.2 Å². The number of anilines is 1. The molecule has 4 rings (SSSR count). The minimum absolute atomic E-state index is 0.000532. The fraction of sp³-hybridized carbons (Fsp3) is 0.286. The number of carbonyl (C=O) groups excluding carboxylic acids is 1. The number of aromatic nitrogens is 2. The number of nitrogens with two attached hydrogens (primary N) is 1. The summed E-state index contributed by atoms with van der Waals surface area (Å²) in [5.74, 6) is 0.667. The lowest BCUT2D eigenvalue weighted by molar-refractivity contribution is 0.101. The van der Waals surface area contributed by atoms with Gasteiger partial charge in [-0.05, 0) is 48.9 Å². The van der Waals surface area contributed by atoms with Crippen molar-refractivity contribution >= 4 is 33.5 Å². The van der Waals surface area contributed by atoms with Gasteiger partial charge in [0.2, 0.25) is 11.1 Å². The zero-order chi connectivity index (χ0) is 22.7. The Kier molecular flexibility index (Phi) is 6.56. The van der Waals surface area contributed by atoms with Crippen molar-refractivity contribution in [1.82, 2.24) is 9.97 Å². The molecule has 0 spiro atoms. The van der Waals surface area contributed by atoms with Gasteiger partial charge < -0.3 is 9.73 Å². The van der Waals surface area contributed by atoms with Crippen LogP contribution in [0.25, 0.3) is 11.3 Å². The Balaban J connectivity index is 1.49. The van der Waals surface area contributed by atoms with Crippen molar-refractivity contribution in [2.45, 2.75) is 25.3 Å². The first-order valence-corrected chi connectivity index (χ1v) is 11.8. The second kappa shape index (κ2) is 9.37. The number of nitrogens with one attached hydrogen (secondary N) is 1. The molecule has 1 aromatic carbocycles. The van der Waals surface area contributed by atoms with Crippen LogP contribution >= 0.6 is 11.6 Å². The van der Waals surface area contributed by atoms with E-state index in [-0.39, 0.29) is 41.0 Å². The molecule has 1 aliphatic carbocycles. The molecule has 0 amide bonds. The van der Waals surface area contributed by atoms with Crippen molar-refractivity contribution in [3.63, 3.8) is 0 Å². The quantitative estimate of drug-likeness (QED) is 0.372. The van der Waals surface area contributed by atoms with E-state index in [0.29, 0.717) is 18.0 Å². The highest BCUT2D eigenvalue weighted by Gasteiger charge is 2.28. The Morgan fingerprint density at radius 3 is 2.75 bits per heavy atom. The van der Waals surface area contributed by atoms with Gasteiger partial charge in [0.1, 0.15) is 11.6 Å². The van der Waals surface area contributed by atoms with Crippen LogP contribution in [-0.2, 0) is 14.5 Å². The maximum Gasteiger partial charge on any atom is 0.333 e. The van der Waals surface area contributed by atoms with Crippen LogP contribution in [0.4, 0.5) is 5.82 Å². The normalized spacial score (nSPS) is 18.6. The average Bonchev–Trinajstić information content (AvgIpc) is 3.42. The fourth-order valence-corrected chi connectivity index (χ4v) is 4.24. The highest BCUT2D eigenvalue weighted by atomic mass is 35.5. The van der Waals surface area contributed by atoms with E-state index in [1.807, 2.05) is 30.3 Å². The molecule has 0 aliphatic heterocycles. The first kappa shape index (κ1) is 22.4. The summed E-state index contributed by atoms with van der Waals surface area (Å²) in [7, 11) is -3.97. The number of rotatable bonds is 8. The molecule has 1 fully saturated rings. The first-order chi connectivity index (χ1) is 15.3. The third-order valence-corrected chi connectivity index (χ3v) is 5.89. The number of ketones is 1. The van der Waals surface area contributed by atoms with E-state index in [0.717, 1.165) is 18.4 Å². The Bertz CT molecular complexity index is 1220. The van der Waals surface area contributed by atoms with Crippen molar-refractivity contribution in [3.8, 4) is 11.3 Å². The molecule has 0 radical (unpaired) electrons. The first-order valence-electron chi connectivity index (χ1n) is 9.94. The Morgan fingerprint density at radius 1 is 1.22 bits per heavy atom. The van der Waals surface area contributed by atoms with Gasteiger partial charge in [-0.25, -0.2) is 15.1 Å². The van der Waals surface area contributed by atoms with Gasteiger partial charge in [-0.1, -0.05) is 30.3 Å². The van der Waals surface area contributed by atoms with Gasteiger partial charge in [-0.15, -0.1) is 0 Å². The van der Waals surface area contributed by atoms with Crippen LogP contribution in [-0.4, -0.2) is 36.8 Å². The average molecular weight is 477 g/mol. The molecule has 11 heteroatoms. The molecular weight excluding hydrogens is 456 g/mol. The van der Waals surface area contributed by atoms with E-state index in [1.54, 1.807) is 12.1 Å². The lowest BCUT2D eigenvalue weighted by Gasteiger charge is -2.16. The van der Waals surface area contributed by atoms with Gasteiger partial charge in [0.05, 0.1) is 12.2 Å². The second-order valence-electron chi connectivity index (χ2n) is 7.56. The Morgan fingerprint density at radius 2 is 2.00 bits per heavy atom. The molecule has 3 N–H and O–H groups in total. The van der Waals surface area contributed by atoms with Crippen LogP contribution in [0.2, 0.25) is 5.28 Å². The van der Waals surface area contributed by atoms with Crippen LogP contribution in [0.3, 0.4) is 0 Å². The summed E-state index contributed by atoms with van der Waals surface area (Å²) in [5.41, 5.74) is 1.09. The van der Waals surface area contributed by atoms with Crippen molar-refractivity contribution in [3.05, 3.63) is 65.3 Å². The van der Waals surface area contributed by atoms with Crippen LogP contribution in [0, 0.1) is 5.92 Å². The SMILES string of the molecule is NS(=O)(=O)OC[C@@H]1CC[C@H](Nc2nc(Cl)ncc2C(=O)c2ccc(-c3ccccc3)o2)C1. The molecule has 32 heavy (non-hydrogen) atoms. The smallest absolute Gasteiger partial charge is 0.333 e. The van der Waals surface area contributed by atoms with Gasteiger partial charge in [0.25, 0.3) is 0 Å². The number of nitrogens with zero attached hydrogens (tertiary/aromatic N) is 2. The summed E-state index contributed by atoms with van der Waals surface area (Å²) in [6.45, 7) is 0.0159. The molecule has 0 bridgehead atoms. The monoisotopic (exact) mass is 476 g/mol. The fourth-order valence-electron chi connectivity index (χ4n) is 3.73. The Hall–Kier alpha value is -2.79. The predicted molar refractivity (Wildman–Crippen MR) is 118 cm³/mol. The van der Waals surface area contributed by atoms with Crippen LogP contribution in [0.1, 0.15) is 35.4 Å². The lowest BCUT2D eigenvalue weighted by Crippen LogP contribution is -2.22. The molecule has 2 aromatic heterocycles. The van der Waals surface area contributed by atoms with E-state index in [1.165, 1.54) is 6.20 Å². The van der Waals surface area contributed by atoms with E-state index in [4.69, 9.17) is 25.3 Å². The number of furan rings is 1. The molecule has 9 nitrogen and oxygen atoms in total. The van der Waals surface area contributed by atoms with Crippen molar-refractivity contribution in [2.24, 2.45) is 11.1 Å². The third kappa shape index (κ3) is 5.52. The maximum absolute atomic E-state index is 13.1. The molecule has 0 unspecified atom stereocenters. The van der Waals surface area contributed by atoms with Gasteiger partial charge >= 0.3 is 10.3 Å². The summed E-state index contributed by atoms with van der Waals surface area (Å²) in [5, 5.41) is 8.12. The third-order valence-electron chi connectivity index (χ3n) is 5.24. The van der Waals surface area contributed by atoms with Gasteiger partial charge in [-0.2, -0.15) is 8.42 Å². The standard InChI is InChI=1S/C21H21ClN4O5S/c22-21-24-11-16(19(27)18-9-8-17(31-18)14-4-2-1-3-5-14)20(26-21)25-15-7-6-13(10-15)12-30-32(23,28)29/h1-5,8-9,11,13,15H,6-7,10,12H2,(H2,23,28,29)(H,24,25,26)/t13-,15+/m1/s1. The summed E-state index contributed by atoms with van der Waals surface area (Å²) in [6.07, 6.45) is 3.48. The van der Waals surface area contributed by atoms with Gasteiger partial charge in [0.15, 0.2) is 5.76 Å².